The van der Waals surface area contributed by atoms with Crippen LogP contribution in [0.3, 0.4) is 0 Å². The molecular formula is C29H28O12. The fourth-order valence-corrected chi connectivity index (χ4v) is 5.44. The third kappa shape index (κ3) is 4.44. The molecule has 3 aliphatic rings. The highest BCUT2D eigenvalue weighted by molar-refractivity contribution is 6.14. The Morgan fingerprint density at radius 2 is 1.63 bits per heavy atom. The summed E-state index contributed by atoms with van der Waals surface area (Å²) in [5, 5.41) is 22.6. The molecule has 0 saturated carbocycles. The van der Waals surface area contributed by atoms with Crippen LogP contribution in [-0.2, 0) is 25.6 Å². The Kier molecular flexibility index (Phi) is 6.76. The van der Waals surface area contributed by atoms with Gasteiger partial charge in [0.05, 0.1) is 25.9 Å². The number of methoxy groups -OCH3 is 2. The van der Waals surface area contributed by atoms with Gasteiger partial charge in [-0.2, -0.15) is 0 Å². The van der Waals surface area contributed by atoms with Crippen molar-refractivity contribution in [3.8, 4) is 39.9 Å². The van der Waals surface area contributed by atoms with Crippen LogP contribution in [0.25, 0.3) is 21.9 Å². The first kappa shape index (κ1) is 26.9. The topological polar surface area (TPSA) is 148 Å². The molecule has 0 amide bonds. The number of fused-ring (bicyclic) bond motifs is 3. The first-order valence-electron chi connectivity index (χ1n) is 12.9. The van der Waals surface area contributed by atoms with E-state index in [0.717, 1.165) is 0 Å². The van der Waals surface area contributed by atoms with Crippen LogP contribution in [0.2, 0.25) is 0 Å². The Hall–Kier alpha value is -4.26. The van der Waals surface area contributed by atoms with E-state index in [4.69, 9.17) is 37.9 Å². The first-order valence-corrected chi connectivity index (χ1v) is 12.9. The Labute approximate surface area is 234 Å². The van der Waals surface area contributed by atoms with Crippen molar-refractivity contribution >= 4 is 22.7 Å². The molecule has 3 aromatic carbocycles. The number of benzene rings is 3. The molecule has 3 aliphatic heterocycles. The third-order valence-electron chi connectivity index (χ3n) is 7.39. The summed E-state index contributed by atoms with van der Waals surface area (Å²) in [6, 6.07) is 8.77. The lowest BCUT2D eigenvalue weighted by atomic mass is 9.89. The summed E-state index contributed by atoms with van der Waals surface area (Å²) < 4.78 is 45.0. The van der Waals surface area contributed by atoms with E-state index < -0.39 is 42.6 Å². The average Bonchev–Trinajstić information content (AvgIpc) is 3.59. The summed E-state index contributed by atoms with van der Waals surface area (Å²) >= 11 is 0. The third-order valence-corrected chi connectivity index (χ3v) is 7.39. The van der Waals surface area contributed by atoms with Crippen molar-refractivity contribution in [1.29, 1.82) is 0 Å². The second-order valence-corrected chi connectivity index (χ2v) is 9.84. The van der Waals surface area contributed by atoms with Crippen LogP contribution in [0.4, 0.5) is 0 Å². The molecule has 41 heavy (non-hydrogen) atoms. The van der Waals surface area contributed by atoms with Gasteiger partial charge in [0.15, 0.2) is 35.2 Å². The SMILES string of the molecule is COc1cc2c(OC3O[C@H](C)[C@@H](O)[C@H](OC(C)=O)[C@H]3O)c3c(c(-c4ccc5c(c4)OCO5)c2cc1OC)C(=O)OC3. The van der Waals surface area contributed by atoms with Crippen molar-refractivity contribution in [1.82, 2.24) is 0 Å². The van der Waals surface area contributed by atoms with Gasteiger partial charge in [-0.15, -0.1) is 0 Å². The van der Waals surface area contributed by atoms with Crippen molar-refractivity contribution < 1.29 is 57.7 Å². The van der Waals surface area contributed by atoms with E-state index in [1.807, 2.05) is 6.07 Å². The quantitative estimate of drug-likeness (QED) is 0.421. The van der Waals surface area contributed by atoms with Crippen LogP contribution in [0.5, 0.6) is 28.7 Å². The average molecular weight is 569 g/mol. The second-order valence-electron chi connectivity index (χ2n) is 9.84. The van der Waals surface area contributed by atoms with Crippen molar-refractivity contribution in [2.75, 3.05) is 21.0 Å². The molecule has 3 aromatic rings. The Morgan fingerprint density at radius 1 is 0.927 bits per heavy atom. The smallest absolute Gasteiger partial charge is 0.339 e. The molecule has 2 N–H and O–H groups in total. The van der Waals surface area contributed by atoms with Crippen LogP contribution in [0.15, 0.2) is 30.3 Å². The fourth-order valence-electron chi connectivity index (χ4n) is 5.44. The molecule has 1 saturated heterocycles. The van der Waals surface area contributed by atoms with Gasteiger partial charge >= 0.3 is 11.9 Å². The monoisotopic (exact) mass is 568 g/mol. The van der Waals surface area contributed by atoms with Gasteiger partial charge in [0.1, 0.15) is 18.5 Å². The van der Waals surface area contributed by atoms with Gasteiger partial charge in [0.2, 0.25) is 13.1 Å². The van der Waals surface area contributed by atoms with Gasteiger partial charge < -0.3 is 48.1 Å². The van der Waals surface area contributed by atoms with E-state index >= 15 is 0 Å². The van der Waals surface area contributed by atoms with Crippen LogP contribution < -0.4 is 23.7 Å². The summed E-state index contributed by atoms with van der Waals surface area (Å²) in [5.74, 6) is 0.841. The number of rotatable bonds is 6. The van der Waals surface area contributed by atoms with Crippen LogP contribution in [0.1, 0.15) is 29.8 Å². The maximum absolute atomic E-state index is 13.2. The molecule has 216 valence electrons. The predicted octanol–water partition coefficient (Wildman–Crippen LogP) is 2.70. The molecule has 12 heteroatoms. The van der Waals surface area contributed by atoms with Gasteiger partial charge in [-0.25, -0.2) is 4.79 Å². The molecule has 0 radical (unpaired) electrons. The number of cyclic esters (lactones) is 1. The predicted molar refractivity (Wildman–Crippen MR) is 140 cm³/mol. The van der Waals surface area contributed by atoms with Crippen LogP contribution in [-0.4, -0.2) is 73.9 Å². The minimum absolute atomic E-state index is 0.0860. The zero-order chi connectivity index (χ0) is 29.0. The van der Waals surface area contributed by atoms with E-state index in [9.17, 15) is 19.8 Å². The summed E-state index contributed by atoms with van der Waals surface area (Å²) in [6.07, 6.45) is -6.37. The number of ether oxygens (including phenoxy) is 8. The fraction of sp³-hybridized carbons (Fsp3) is 0.379. The summed E-state index contributed by atoms with van der Waals surface area (Å²) in [6.45, 7) is 2.71. The van der Waals surface area contributed by atoms with Gasteiger partial charge in [0.25, 0.3) is 0 Å². The van der Waals surface area contributed by atoms with E-state index in [2.05, 4.69) is 0 Å². The van der Waals surface area contributed by atoms with E-state index in [0.29, 0.717) is 50.5 Å². The van der Waals surface area contributed by atoms with E-state index in [1.54, 1.807) is 31.2 Å². The lowest BCUT2D eigenvalue weighted by Gasteiger charge is -2.40. The normalized spacial score (nSPS) is 24.5. The number of carbonyl (C=O) groups is 2. The maximum Gasteiger partial charge on any atom is 0.339 e. The molecule has 0 aromatic heterocycles. The lowest BCUT2D eigenvalue weighted by Crippen LogP contribution is -2.59. The number of aliphatic hydroxyl groups excluding tert-OH is 2. The second kappa shape index (κ2) is 10.3. The molecule has 6 rings (SSSR count). The minimum atomic E-state index is -1.55. The Bertz CT molecular complexity index is 1550. The molecule has 0 bridgehead atoms. The van der Waals surface area contributed by atoms with Crippen molar-refractivity contribution in [3.05, 3.63) is 41.5 Å². The van der Waals surface area contributed by atoms with Crippen molar-refractivity contribution in [2.24, 2.45) is 0 Å². The Balaban J connectivity index is 1.56. The van der Waals surface area contributed by atoms with Gasteiger partial charge in [-0.3, -0.25) is 4.79 Å². The number of hydrogen-bond donors (Lipinski definition) is 2. The van der Waals surface area contributed by atoms with Crippen LogP contribution >= 0.6 is 0 Å². The number of hydrogen-bond acceptors (Lipinski definition) is 12. The number of carbonyl (C=O) groups excluding carboxylic acids is 2. The highest BCUT2D eigenvalue weighted by Gasteiger charge is 2.47. The molecule has 12 nitrogen and oxygen atoms in total. The minimum Gasteiger partial charge on any atom is -0.493 e. The van der Waals surface area contributed by atoms with Crippen LogP contribution in [0, 0.1) is 0 Å². The molecule has 3 heterocycles. The molecular weight excluding hydrogens is 540 g/mol. The van der Waals surface area contributed by atoms with Gasteiger partial charge in [0, 0.05) is 23.4 Å². The van der Waals surface area contributed by atoms with Crippen molar-refractivity contribution in [3.63, 3.8) is 0 Å². The molecule has 1 fully saturated rings. The summed E-state index contributed by atoms with van der Waals surface area (Å²) in [4.78, 5) is 24.9. The highest BCUT2D eigenvalue weighted by atomic mass is 16.7. The first-order chi connectivity index (χ1) is 19.7. The molecule has 0 spiro atoms. The molecule has 5 atom stereocenters. The standard InChI is InChI=1S/C29H28O12/c1-12-24(31)27(40-13(2)30)25(32)29(39-12)41-26-16-9-20(35-4)19(34-3)8-15(16)22(23-17(26)10-36-28(23)33)14-5-6-18-21(7-14)38-11-37-18/h5-9,12,24-25,27,29,31-32H,10-11H2,1-4H3/t12-,24-,25-,27+,29?/m1/s1. The Morgan fingerprint density at radius 3 is 2.34 bits per heavy atom. The van der Waals surface area contributed by atoms with Crippen molar-refractivity contribution in [2.45, 2.75) is 51.2 Å². The zero-order valence-electron chi connectivity index (χ0n) is 22.7. The summed E-state index contributed by atoms with van der Waals surface area (Å²) in [7, 11) is 2.99. The largest absolute Gasteiger partial charge is 0.493 e. The number of aliphatic hydroxyl groups is 2. The van der Waals surface area contributed by atoms with E-state index in [1.165, 1.54) is 21.1 Å². The van der Waals surface area contributed by atoms with Gasteiger partial charge in [-0.1, -0.05) is 6.07 Å². The lowest BCUT2D eigenvalue weighted by molar-refractivity contribution is -0.272. The van der Waals surface area contributed by atoms with Gasteiger partial charge in [-0.05, 0) is 42.1 Å². The molecule has 0 aliphatic carbocycles. The summed E-state index contributed by atoms with van der Waals surface area (Å²) in [5.41, 5.74) is 1.89. The number of esters is 2. The zero-order valence-corrected chi connectivity index (χ0v) is 22.7. The molecule has 1 unspecified atom stereocenters. The highest BCUT2D eigenvalue weighted by Crippen LogP contribution is 2.49. The van der Waals surface area contributed by atoms with E-state index in [-0.39, 0.29) is 24.7 Å². The maximum atomic E-state index is 13.2.